The Kier molecular flexibility index (Phi) is 4.39. The Balaban J connectivity index is 1.32. The lowest BCUT2D eigenvalue weighted by atomic mass is 9.75. The molecule has 1 heterocycles. The summed E-state index contributed by atoms with van der Waals surface area (Å²) in [4.78, 5) is 12.5. The SMILES string of the molecule is C=C1CC2COC(=O)C2(Cc2cccc(OCc3ccc4ccccc4c3)c2)C1. The molecule has 1 saturated heterocycles. The number of allylic oxidation sites excluding steroid dienone is 1. The zero-order valence-electron chi connectivity index (χ0n) is 16.4. The number of ether oxygens (including phenoxy) is 2. The molecule has 0 aromatic heterocycles. The van der Waals surface area contributed by atoms with Crippen LogP contribution in [-0.4, -0.2) is 12.6 Å². The molecule has 2 unspecified atom stereocenters. The minimum atomic E-state index is -0.436. The van der Waals surface area contributed by atoms with Gasteiger partial charge in [-0.25, -0.2) is 0 Å². The maximum atomic E-state index is 12.5. The van der Waals surface area contributed by atoms with Crippen LogP contribution in [0.1, 0.15) is 24.0 Å². The molecule has 5 rings (SSSR count). The Bertz CT molecular complexity index is 1100. The average molecular weight is 384 g/mol. The van der Waals surface area contributed by atoms with Gasteiger partial charge in [-0.3, -0.25) is 4.79 Å². The lowest BCUT2D eigenvalue weighted by Gasteiger charge is -2.24. The first kappa shape index (κ1) is 18.0. The van der Waals surface area contributed by atoms with Crippen molar-refractivity contribution < 1.29 is 14.3 Å². The highest BCUT2D eigenvalue weighted by Gasteiger charge is 2.55. The Morgan fingerprint density at radius 2 is 1.86 bits per heavy atom. The van der Waals surface area contributed by atoms with Gasteiger partial charge in [-0.2, -0.15) is 0 Å². The molecule has 0 amide bonds. The first-order chi connectivity index (χ1) is 14.1. The fourth-order valence-corrected chi connectivity index (χ4v) is 4.87. The molecule has 0 bridgehead atoms. The zero-order chi connectivity index (χ0) is 19.8. The summed E-state index contributed by atoms with van der Waals surface area (Å²) < 4.78 is 11.5. The van der Waals surface area contributed by atoms with Crippen LogP contribution in [0.15, 0.2) is 78.9 Å². The molecule has 29 heavy (non-hydrogen) atoms. The fourth-order valence-electron chi connectivity index (χ4n) is 4.87. The summed E-state index contributed by atoms with van der Waals surface area (Å²) in [7, 11) is 0. The third kappa shape index (κ3) is 3.31. The van der Waals surface area contributed by atoms with Gasteiger partial charge in [0, 0.05) is 5.92 Å². The average Bonchev–Trinajstić information content (AvgIpc) is 3.20. The van der Waals surface area contributed by atoms with Gasteiger partial charge in [0.1, 0.15) is 12.4 Å². The van der Waals surface area contributed by atoms with Crippen molar-refractivity contribution in [1.29, 1.82) is 0 Å². The van der Waals surface area contributed by atoms with Crippen molar-refractivity contribution in [3.63, 3.8) is 0 Å². The van der Waals surface area contributed by atoms with Crippen LogP contribution in [0.4, 0.5) is 0 Å². The lowest BCUT2D eigenvalue weighted by molar-refractivity contribution is -0.146. The third-order valence-corrected chi connectivity index (χ3v) is 6.34. The molecule has 0 radical (unpaired) electrons. The Morgan fingerprint density at radius 1 is 1.00 bits per heavy atom. The fraction of sp³-hybridized carbons (Fsp3) is 0.269. The minimum Gasteiger partial charge on any atom is -0.489 e. The van der Waals surface area contributed by atoms with Crippen molar-refractivity contribution in [3.8, 4) is 5.75 Å². The summed E-state index contributed by atoms with van der Waals surface area (Å²) >= 11 is 0. The van der Waals surface area contributed by atoms with Crippen molar-refractivity contribution >= 4 is 16.7 Å². The van der Waals surface area contributed by atoms with E-state index in [4.69, 9.17) is 9.47 Å². The summed E-state index contributed by atoms with van der Waals surface area (Å²) in [5.74, 6) is 1.01. The topological polar surface area (TPSA) is 35.5 Å². The Morgan fingerprint density at radius 3 is 2.76 bits per heavy atom. The largest absolute Gasteiger partial charge is 0.489 e. The molecule has 0 N–H and O–H groups in total. The molecular weight excluding hydrogens is 360 g/mol. The monoisotopic (exact) mass is 384 g/mol. The van der Waals surface area contributed by atoms with Gasteiger partial charge in [0.25, 0.3) is 0 Å². The summed E-state index contributed by atoms with van der Waals surface area (Å²) in [5.41, 5.74) is 2.97. The second kappa shape index (κ2) is 7.07. The van der Waals surface area contributed by atoms with Crippen LogP contribution in [0.3, 0.4) is 0 Å². The number of hydrogen-bond acceptors (Lipinski definition) is 3. The smallest absolute Gasteiger partial charge is 0.313 e. The van der Waals surface area contributed by atoms with Crippen LogP contribution in [0.25, 0.3) is 10.8 Å². The quantitative estimate of drug-likeness (QED) is 0.432. The molecule has 3 heteroatoms. The first-order valence-electron chi connectivity index (χ1n) is 10.2. The van der Waals surface area contributed by atoms with Crippen molar-refractivity contribution in [2.45, 2.75) is 25.9 Å². The second-order valence-electron chi connectivity index (χ2n) is 8.38. The maximum absolute atomic E-state index is 12.5. The molecule has 2 aliphatic rings. The number of fused-ring (bicyclic) bond motifs is 2. The van der Waals surface area contributed by atoms with E-state index in [9.17, 15) is 4.79 Å². The van der Waals surface area contributed by atoms with E-state index < -0.39 is 5.41 Å². The predicted molar refractivity (Wildman–Crippen MR) is 114 cm³/mol. The van der Waals surface area contributed by atoms with Gasteiger partial charge in [-0.05, 0) is 59.4 Å². The van der Waals surface area contributed by atoms with E-state index in [1.165, 1.54) is 10.8 Å². The van der Waals surface area contributed by atoms with Gasteiger partial charge in [0.15, 0.2) is 0 Å². The van der Waals surface area contributed by atoms with E-state index in [0.717, 1.165) is 35.3 Å². The van der Waals surface area contributed by atoms with E-state index >= 15 is 0 Å². The van der Waals surface area contributed by atoms with Crippen LogP contribution >= 0.6 is 0 Å². The summed E-state index contributed by atoms with van der Waals surface area (Å²) in [6.45, 7) is 5.17. The van der Waals surface area contributed by atoms with E-state index in [0.29, 0.717) is 19.6 Å². The number of cyclic esters (lactones) is 1. The van der Waals surface area contributed by atoms with Gasteiger partial charge >= 0.3 is 5.97 Å². The number of hydrogen-bond donors (Lipinski definition) is 0. The molecule has 0 spiro atoms. The molecule has 146 valence electrons. The highest BCUT2D eigenvalue weighted by Crippen LogP contribution is 2.52. The van der Waals surface area contributed by atoms with Crippen LogP contribution in [0.5, 0.6) is 5.75 Å². The number of benzene rings is 3. The van der Waals surface area contributed by atoms with Gasteiger partial charge < -0.3 is 9.47 Å². The normalized spacial score (nSPS) is 23.2. The van der Waals surface area contributed by atoms with Crippen molar-refractivity contribution in [2.75, 3.05) is 6.61 Å². The highest BCUT2D eigenvalue weighted by molar-refractivity contribution is 5.83. The highest BCUT2D eigenvalue weighted by atomic mass is 16.5. The van der Waals surface area contributed by atoms with Gasteiger partial charge in [-0.1, -0.05) is 60.7 Å². The molecule has 1 saturated carbocycles. The number of esters is 1. The van der Waals surface area contributed by atoms with Gasteiger partial charge in [0.2, 0.25) is 0 Å². The molecule has 2 fully saturated rings. The predicted octanol–water partition coefficient (Wildman–Crippen LogP) is 5.47. The number of carbonyl (C=O) groups excluding carboxylic acids is 1. The third-order valence-electron chi connectivity index (χ3n) is 6.34. The molecule has 1 aliphatic carbocycles. The summed E-state index contributed by atoms with van der Waals surface area (Å²) in [5, 5.41) is 2.45. The van der Waals surface area contributed by atoms with Gasteiger partial charge in [-0.15, -0.1) is 0 Å². The van der Waals surface area contributed by atoms with Crippen molar-refractivity contribution in [2.24, 2.45) is 11.3 Å². The summed E-state index contributed by atoms with van der Waals surface area (Å²) in [6, 6.07) is 22.8. The molecular formula is C26H24O3. The van der Waals surface area contributed by atoms with Gasteiger partial charge in [0.05, 0.1) is 12.0 Å². The van der Waals surface area contributed by atoms with Crippen LogP contribution in [0, 0.1) is 11.3 Å². The number of rotatable bonds is 5. The van der Waals surface area contributed by atoms with Crippen molar-refractivity contribution in [3.05, 3.63) is 90.0 Å². The van der Waals surface area contributed by atoms with E-state index in [-0.39, 0.29) is 11.9 Å². The zero-order valence-corrected chi connectivity index (χ0v) is 16.4. The minimum absolute atomic E-state index is 0.0661. The molecule has 3 nitrogen and oxygen atoms in total. The Labute approximate surface area is 171 Å². The molecule has 2 atom stereocenters. The number of carbonyl (C=O) groups is 1. The summed E-state index contributed by atoms with van der Waals surface area (Å²) in [6.07, 6.45) is 2.31. The second-order valence-corrected chi connectivity index (χ2v) is 8.38. The van der Waals surface area contributed by atoms with Crippen LogP contribution in [-0.2, 0) is 22.6 Å². The molecule has 3 aromatic carbocycles. The van der Waals surface area contributed by atoms with E-state index in [2.05, 4.69) is 55.1 Å². The molecule has 1 aliphatic heterocycles. The first-order valence-corrected chi connectivity index (χ1v) is 10.2. The standard InChI is InChI=1S/C26H24O3/c1-18-11-23-17-29-25(27)26(23,14-18)15-19-5-4-8-24(13-19)28-16-20-9-10-21-6-2-3-7-22(21)12-20/h2-10,12-13,23H,1,11,14-17H2. The van der Waals surface area contributed by atoms with Crippen molar-refractivity contribution in [1.82, 2.24) is 0 Å². The maximum Gasteiger partial charge on any atom is 0.313 e. The van der Waals surface area contributed by atoms with Crippen LogP contribution in [0.2, 0.25) is 0 Å². The van der Waals surface area contributed by atoms with E-state index in [1.54, 1.807) is 0 Å². The van der Waals surface area contributed by atoms with E-state index in [1.807, 2.05) is 18.2 Å². The Hall–Kier alpha value is -3.07. The molecule has 3 aromatic rings. The van der Waals surface area contributed by atoms with Crippen LogP contribution < -0.4 is 4.74 Å². The lowest BCUT2D eigenvalue weighted by Crippen LogP contribution is -2.31.